The minimum absolute atomic E-state index is 0.201. The average molecular weight is 376 g/mol. The van der Waals surface area contributed by atoms with Gasteiger partial charge in [-0.05, 0) is 36.4 Å². The molecule has 0 atom stereocenters. The van der Waals surface area contributed by atoms with Crippen molar-refractivity contribution in [1.29, 1.82) is 0 Å². The molecule has 0 saturated carbocycles. The van der Waals surface area contributed by atoms with Gasteiger partial charge in [0.15, 0.2) is 0 Å². The van der Waals surface area contributed by atoms with E-state index in [0.717, 1.165) is 5.75 Å². The lowest BCUT2D eigenvalue weighted by atomic mass is 10.1. The summed E-state index contributed by atoms with van der Waals surface area (Å²) in [6.07, 6.45) is 0. The van der Waals surface area contributed by atoms with E-state index in [9.17, 15) is 9.59 Å². The minimum atomic E-state index is -0.240. The van der Waals surface area contributed by atoms with Gasteiger partial charge in [-0.2, -0.15) is 0 Å². The van der Waals surface area contributed by atoms with Crippen LogP contribution in [0.2, 0.25) is 0 Å². The summed E-state index contributed by atoms with van der Waals surface area (Å²) < 4.78 is 0. The Balaban J connectivity index is 1.58. The van der Waals surface area contributed by atoms with E-state index in [1.807, 2.05) is 36.4 Å². The topological polar surface area (TPSA) is 58.2 Å². The number of carbonyl (C=O) groups excluding carboxylic acids is 2. The molecule has 0 aliphatic heterocycles. The maximum absolute atomic E-state index is 12.5. The van der Waals surface area contributed by atoms with Crippen molar-refractivity contribution < 1.29 is 9.59 Å². The first-order chi connectivity index (χ1) is 13.2. The smallest absolute Gasteiger partial charge is 0.255 e. The molecule has 0 spiro atoms. The van der Waals surface area contributed by atoms with Crippen LogP contribution < -0.4 is 10.6 Å². The van der Waals surface area contributed by atoms with Gasteiger partial charge >= 0.3 is 0 Å². The molecule has 2 amide bonds. The van der Waals surface area contributed by atoms with Crippen LogP contribution >= 0.6 is 11.8 Å². The molecule has 4 nitrogen and oxygen atoms in total. The monoisotopic (exact) mass is 376 g/mol. The fraction of sp³-hybridized carbons (Fsp3) is 0.0909. The number of hydrogen-bond acceptors (Lipinski definition) is 3. The van der Waals surface area contributed by atoms with Crippen molar-refractivity contribution in [3.63, 3.8) is 0 Å². The zero-order valence-electron chi connectivity index (χ0n) is 14.7. The highest BCUT2D eigenvalue weighted by Gasteiger charge is 2.13. The first-order valence-corrected chi connectivity index (χ1v) is 9.64. The van der Waals surface area contributed by atoms with E-state index in [1.54, 1.807) is 60.3 Å². The second-order valence-corrected chi connectivity index (χ2v) is 6.95. The fourth-order valence-electron chi connectivity index (χ4n) is 2.52. The summed E-state index contributed by atoms with van der Waals surface area (Å²) in [5.74, 6) is 0.331. The molecule has 0 heterocycles. The predicted octanol–water partition coefficient (Wildman–Crippen LogP) is 4.46. The Morgan fingerprint density at radius 1 is 0.741 bits per heavy atom. The van der Waals surface area contributed by atoms with Crippen LogP contribution in [0.25, 0.3) is 0 Å². The third kappa shape index (κ3) is 5.46. The van der Waals surface area contributed by atoms with Crippen molar-refractivity contribution in [3.8, 4) is 0 Å². The number of thioether (sulfide) groups is 1. The lowest BCUT2D eigenvalue weighted by molar-refractivity contribution is 0.0957. The molecule has 2 N–H and O–H groups in total. The molecule has 0 bridgehead atoms. The molecule has 0 aromatic heterocycles. The first kappa shape index (κ1) is 18.7. The number of rotatable bonds is 7. The number of benzene rings is 3. The van der Waals surface area contributed by atoms with Crippen LogP contribution in [0.15, 0.2) is 89.8 Å². The number of amides is 2. The number of carbonyl (C=O) groups is 2. The van der Waals surface area contributed by atoms with E-state index >= 15 is 0 Å². The van der Waals surface area contributed by atoms with Gasteiger partial charge < -0.3 is 10.6 Å². The largest absolute Gasteiger partial charge is 0.351 e. The lowest BCUT2D eigenvalue weighted by Crippen LogP contribution is -2.27. The maximum atomic E-state index is 12.5. The van der Waals surface area contributed by atoms with Gasteiger partial charge in [0, 0.05) is 22.8 Å². The predicted molar refractivity (Wildman–Crippen MR) is 110 cm³/mol. The van der Waals surface area contributed by atoms with E-state index < -0.39 is 0 Å². The van der Waals surface area contributed by atoms with Gasteiger partial charge in [0.1, 0.15) is 0 Å². The Morgan fingerprint density at radius 2 is 1.37 bits per heavy atom. The first-order valence-electron chi connectivity index (χ1n) is 8.65. The quantitative estimate of drug-likeness (QED) is 0.473. The van der Waals surface area contributed by atoms with Crippen molar-refractivity contribution in [3.05, 3.63) is 96.1 Å². The van der Waals surface area contributed by atoms with Gasteiger partial charge in [-0.25, -0.2) is 0 Å². The Bertz CT molecular complexity index is 898. The van der Waals surface area contributed by atoms with Gasteiger partial charge in [0.2, 0.25) is 0 Å². The van der Waals surface area contributed by atoms with Crippen LogP contribution in [0, 0.1) is 0 Å². The average Bonchev–Trinajstić information content (AvgIpc) is 2.73. The third-order valence-electron chi connectivity index (χ3n) is 3.86. The summed E-state index contributed by atoms with van der Waals surface area (Å²) in [6, 6.07) is 26.0. The Morgan fingerprint density at radius 3 is 2.11 bits per heavy atom. The Kier molecular flexibility index (Phi) is 6.66. The van der Waals surface area contributed by atoms with E-state index in [-0.39, 0.29) is 11.8 Å². The molecule has 0 unspecified atom stereocenters. The molecule has 136 valence electrons. The molecule has 3 aromatic carbocycles. The van der Waals surface area contributed by atoms with Crippen molar-refractivity contribution in [2.24, 2.45) is 0 Å². The van der Waals surface area contributed by atoms with E-state index in [1.165, 1.54) is 4.90 Å². The van der Waals surface area contributed by atoms with Crippen LogP contribution in [-0.2, 0) is 0 Å². The lowest BCUT2D eigenvalue weighted by Gasteiger charge is -2.11. The van der Waals surface area contributed by atoms with E-state index in [2.05, 4.69) is 10.6 Å². The summed E-state index contributed by atoms with van der Waals surface area (Å²) in [5.41, 5.74) is 1.50. The molecule has 3 rings (SSSR count). The molecule has 3 aromatic rings. The van der Waals surface area contributed by atoms with Crippen LogP contribution in [0.3, 0.4) is 0 Å². The number of hydrogen-bond donors (Lipinski definition) is 2. The van der Waals surface area contributed by atoms with Gasteiger partial charge in [0.25, 0.3) is 11.8 Å². The van der Waals surface area contributed by atoms with Crippen LogP contribution in [0.4, 0.5) is 5.69 Å². The van der Waals surface area contributed by atoms with Gasteiger partial charge in [-0.1, -0.05) is 48.5 Å². The molecule has 0 radical (unpaired) electrons. The third-order valence-corrected chi connectivity index (χ3v) is 4.87. The van der Waals surface area contributed by atoms with Crippen molar-refractivity contribution in [1.82, 2.24) is 5.32 Å². The summed E-state index contributed by atoms with van der Waals surface area (Å²) in [6.45, 7) is 0.541. The zero-order chi connectivity index (χ0) is 18.9. The summed E-state index contributed by atoms with van der Waals surface area (Å²) in [7, 11) is 0. The number of anilines is 1. The molecule has 5 heteroatoms. The van der Waals surface area contributed by atoms with Crippen LogP contribution in [0.5, 0.6) is 0 Å². The zero-order valence-corrected chi connectivity index (χ0v) is 15.5. The van der Waals surface area contributed by atoms with Crippen molar-refractivity contribution in [2.45, 2.75) is 4.90 Å². The van der Waals surface area contributed by atoms with E-state index in [4.69, 9.17) is 0 Å². The summed E-state index contributed by atoms with van der Waals surface area (Å²) >= 11 is 1.69. The molecular weight excluding hydrogens is 356 g/mol. The summed E-state index contributed by atoms with van der Waals surface area (Å²) in [5, 5.41) is 5.73. The van der Waals surface area contributed by atoms with Crippen LogP contribution in [-0.4, -0.2) is 24.1 Å². The Hall–Kier alpha value is -3.05. The van der Waals surface area contributed by atoms with Gasteiger partial charge in [-0.15, -0.1) is 11.8 Å². The fourth-order valence-corrected chi connectivity index (χ4v) is 3.31. The van der Waals surface area contributed by atoms with Crippen molar-refractivity contribution in [2.75, 3.05) is 17.6 Å². The second-order valence-electron chi connectivity index (χ2n) is 5.78. The summed E-state index contributed by atoms with van der Waals surface area (Å²) in [4.78, 5) is 26.1. The van der Waals surface area contributed by atoms with Crippen molar-refractivity contribution >= 4 is 29.3 Å². The highest BCUT2D eigenvalue weighted by Crippen LogP contribution is 2.18. The second kappa shape index (κ2) is 9.59. The molecule has 0 fully saturated rings. The van der Waals surface area contributed by atoms with Gasteiger partial charge in [0.05, 0.1) is 11.3 Å². The Labute approximate surface area is 163 Å². The normalized spacial score (nSPS) is 10.2. The molecule has 27 heavy (non-hydrogen) atoms. The highest BCUT2D eigenvalue weighted by atomic mass is 32.2. The molecule has 0 saturated heterocycles. The minimum Gasteiger partial charge on any atom is -0.351 e. The van der Waals surface area contributed by atoms with Gasteiger partial charge in [-0.3, -0.25) is 9.59 Å². The van der Waals surface area contributed by atoms with Crippen LogP contribution in [0.1, 0.15) is 20.7 Å². The standard InChI is InChI=1S/C22H20N2O2S/c25-21(17-9-3-1-4-10-17)24-20-14-8-7-13-19(20)22(26)23-15-16-27-18-11-5-2-6-12-18/h1-14H,15-16H2,(H,23,26)(H,24,25). The maximum Gasteiger partial charge on any atom is 0.255 e. The SMILES string of the molecule is O=C(Nc1ccccc1C(=O)NCCSc1ccccc1)c1ccccc1. The number of para-hydroxylation sites is 1. The molecule has 0 aliphatic carbocycles. The highest BCUT2D eigenvalue weighted by molar-refractivity contribution is 7.99. The molecule has 0 aliphatic rings. The number of nitrogens with one attached hydrogen (secondary N) is 2. The molecular formula is C22H20N2O2S. The van der Waals surface area contributed by atoms with E-state index in [0.29, 0.717) is 23.4 Å².